The minimum Gasteiger partial charge on any atom is -0.266 e. The molecular formula is C11H13NO2S. The van der Waals surface area contributed by atoms with E-state index in [4.69, 9.17) is 0 Å². The van der Waals surface area contributed by atoms with Gasteiger partial charge in [0.2, 0.25) is 10.0 Å². The molecule has 0 fully saturated rings. The molecule has 15 heavy (non-hydrogen) atoms. The number of aryl methyl sites for hydroxylation is 1. The predicted octanol–water partition coefficient (Wildman–Crippen LogP) is 1.79. The fourth-order valence-electron chi connectivity index (χ4n) is 1.72. The van der Waals surface area contributed by atoms with Crippen molar-refractivity contribution in [3.05, 3.63) is 35.4 Å². The topological polar surface area (TPSA) is 37.4 Å². The van der Waals surface area contributed by atoms with Crippen molar-refractivity contribution in [2.75, 3.05) is 17.1 Å². The lowest BCUT2D eigenvalue weighted by molar-refractivity contribution is 0.598. The summed E-state index contributed by atoms with van der Waals surface area (Å²) in [7, 11) is -3.17. The minimum atomic E-state index is -3.17. The highest BCUT2D eigenvalue weighted by Gasteiger charge is 2.20. The second kappa shape index (κ2) is 3.38. The molecule has 0 aliphatic carbocycles. The summed E-state index contributed by atoms with van der Waals surface area (Å²) in [5, 5.41) is 0. The Kier molecular flexibility index (Phi) is 2.31. The van der Waals surface area contributed by atoms with Crippen LogP contribution in [0.1, 0.15) is 11.1 Å². The molecule has 80 valence electrons. The van der Waals surface area contributed by atoms with Gasteiger partial charge in [-0.05, 0) is 24.6 Å². The van der Waals surface area contributed by atoms with Crippen LogP contribution < -0.4 is 4.31 Å². The monoisotopic (exact) mass is 223 g/mol. The summed E-state index contributed by atoms with van der Waals surface area (Å²) in [6, 6.07) is 5.77. The van der Waals surface area contributed by atoms with E-state index in [0.29, 0.717) is 6.54 Å². The third-order valence-corrected chi connectivity index (χ3v) is 3.57. The lowest BCUT2D eigenvalue weighted by atomic mass is 10.1. The number of anilines is 1. The zero-order chi connectivity index (χ0) is 11.1. The maximum Gasteiger partial charge on any atom is 0.232 e. The van der Waals surface area contributed by atoms with Crippen LogP contribution in [0.5, 0.6) is 0 Å². The van der Waals surface area contributed by atoms with Crippen molar-refractivity contribution in [3.63, 3.8) is 0 Å². The van der Waals surface area contributed by atoms with Crippen LogP contribution in [0.3, 0.4) is 0 Å². The van der Waals surface area contributed by atoms with Gasteiger partial charge in [0, 0.05) is 0 Å². The molecule has 3 nitrogen and oxygen atoms in total. The van der Waals surface area contributed by atoms with Gasteiger partial charge in [0.25, 0.3) is 0 Å². The molecule has 2 rings (SSSR count). The Labute approximate surface area is 90.1 Å². The molecule has 0 spiro atoms. The highest BCUT2D eigenvalue weighted by Crippen LogP contribution is 2.28. The lowest BCUT2D eigenvalue weighted by Gasteiger charge is -2.25. The SMILES string of the molecule is Cc1ccc2c(c1)C=CCN2S(C)(=O)=O. The summed E-state index contributed by atoms with van der Waals surface area (Å²) in [5.74, 6) is 0. The number of hydrogen-bond donors (Lipinski definition) is 0. The van der Waals surface area contributed by atoms with Gasteiger partial charge in [0.15, 0.2) is 0 Å². The van der Waals surface area contributed by atoms with Crippen molar-refractivity contribution in [2.24, 2.45) is 0 Å². The fourth-order valence-corrected chi connectivity index (χ4v) is 2.60. The molecule has 0 atom stereocenters. The maximum atomic E-state index is 11.5. The van der Waals surface area contributed by atoms with Gasteiger partial charge in [-0.3, -0.25) is 4.31 Å². The fraction of sp³-hybridized carbons (Fsp3) is 0.273. The molecule has 0 bridgehead atoms. The minimum absolute atomic E-state index is 0.425. The first-order chi connectivity index (χ1) is 6.98. The molecule has 0 radical (unpaired) electrons. The van der Waals surface area contributed by atoms with E-state index in [9.17, 15) is 8.42 Å². The van der Waals surface area contributed by atoms with Gasteiger partial charge < -0.3 is 0 Å². The maximum absolute atomic E-state index is 11.5. The Bertz CT molecular complexity index is 517. The van der Waals surface area contributed by atoms with Crippen LogP contribution >= 0.6 is 0 Å². The third-order valence-electron chi connectivity index (χ3n) is 2.42. The van der Waals surface area contributed by atoms with E-state index in [1.54, 1.807) is 0 Å². The van der Waals surface area contributed by atoms with E-state index in [1.807, 2.05) is 37.3 Å². The van der Waals surface area contributed by atoms with E-state index >= 15 is 0 Å². The lowest BCUT2D eigenvalue weighted by Crippen LogP contribution is -2.31. The van der Waals surface area contributed by atoms with Crippen molar-refractivity contribution < 1.29 is 8.42 Å². The van der Waals surface area contributed by atoms with Gasteiger partial charge in [0.05, 0.1) is 18.5 Å². The highest BCUT2D eigenvalue weighted by atomic mass is 32.2. The first kappa shape index (κ1) is 10.2. The van der Waals surface area contributed by atoms with E-state index in [0.717, 1.165) is 16.8 Å². The molecule has 1 aromatic rings. The highest BCUT2D eigenvalue weighted by molar-refractivity contribution is 7.92. The first-order valence-corrected chi connectivity index (χ1v) is 6.58. The molecule has 1 aliphatic rings. The van der Waals surface area contributed by atoms with E-state index in [-0.39, 0.29) is 0 Å². The van der Waals surface area contributed by atoms with Crippen LogP contribution in [0.25, 0.3) is 6.08 Å². The van der Waals surface area contributed by atoms with E-state index in [1.165, 1.54) is 10.6 Å². The summed E-state index contributed by atoms with van der Waals surface area (Å²) in [6.45, 7) is 2.42. The average Bonchev–Trinajstić information content (AvgIpc) is 2.15. The number of fused-ring (bicyclic) bond motifs is 1. The zero-order valence-corrected chi connectivity index (χ0v) is 9.58. The molecule has 4 heteroatoms. The predicted molar refractivity (Wildman–Crippen MR) is 62.4 cm³/mol. The summed E-state index contributed by atoms with van der Waals surface area (Å²) in [4.78, 5) is 0. The van der Waals surface area contributed by atoms with Crippen LogP contribution in [0.2, 0.25) is 0 Å². The largest absolute Gasteiger partial charge is 0.266 e. The number of sulfonamides is 1. The molecule has 0 saturated heterocycles. The number of nitrogens with zero attached hydrogens (tertiary/aromatic N) is 1. The Morgan fingerprint density at radius 1 is 1.33 bits per heavy atom. The van der Waals surface area contributed by atoms with Crippen LogP contribution in [-0.2, 0) is 10.0 Å². The molecule has 0 unspecified atom stereocenters. The van der Waals surface area contributed by atoms with Gasteiger partial charge in [-0.25, -0.2) is 8.42 Å². The molecule has 0 amide bonds. The Balaban J connectivity index is 2.58. The molecule has 0 saturated carbocycles. The van der Waals surface area contributed by atoms with E-state index in [2.05, 4.69) is 0 Å². The van der Waals surface area contributed by atoms with Gasteiger partial charge in [0.1, 0.15) is 0 Å². The quantitative estimate of drug-likeness (QED) is 0.728. The average molecular weight is 223 g/mol. The van der Waals surface area contributed by atoms with Crippen LogP contribution in [0.4, 0.5) is 5.69 Å². The van der Waals surface area contributed by atoms with Gasteiger partial charge in [-0.15, -0.1) is 0 Å². The van der Waals surface area contributed by atoms with Crippen molar-refractivity contribution in [3.8, 4) is 0 Å². The van der Waals surface area contributed by atoms with Gasteiger partial charge >= 0.3 is 0 Å². The van der Waals surface area contributed by atoms with E-state index < -0.39 is 10.0 Å². The molecule has 1 heterocycles. The Morgan fingerprint density at radius 3 is 2.73 bits per heavy atom. The summed E-state index contributed by atoms with van der Waals surface area (Å²) in [5.41, 5.74) is 2.87. The normalized spacial score (nSPS) is 15.2. The van der Waals surface area contributed by atoms with Crippen LogP contribution in [0, 0.1) is 6.92 Å². The van der Waals surface area contributed by atoms with Gasteiger partial charge in [-0.1, -0.05) is 23.8 Å². The summed E-state index contributed by atoms with van der Waals surface area (Å²) < 4.78 is 24.5. The number of benzene rings is 1. The van der Waals surface area contributed by atoms with Crippen LogP contribution in [0.15, 0.2) is 24.3 Å². The van der Waals surface area contributed by atoms with Crippen LogP contribution in [-0.4, -0.2) is 21.2 Å². The van der Waals surface area contributed by atoms with Crippen molar-refractivity contribution in [2.45, 2.75) is 6.92 Å². The third kappa shape index (κ3) is 1.90. The summed E-state index contributed by atoms with van der Waals surface area (Å²) in [6.07, 6.45) is 5.06. The number of rotatable bonds is 1. The standard InChI is InChI=1S/C11H13NO2S/c1-9-5-6-11-10(8-9)4-3-7-12(11)15(2,13)14/h3-6,8H,7H2,1-2H3. The second-order valence-electron chi connectivity index (χ2n) is 3.76. The Morgan fingerprint density at radius 2 is 2.07 bits per heavy atom. The van der Waals surface area contributed by atoms with Crippen molar-refractivity contribution >= 4 is 21.8 Å². The van der Waals surface area contributed by atoms with Crippen molar-refractivity contribution in [1.82, 2.24) is 0 Å². The number of hydrogen-bond acceptors (Lipinski definition) is 2. The Hall–Kier alpha value is -1.29. The molecule has 0 aromatic heterocycles. The molecule has 0 N–H and O–H groups in total. The second-order valence-corrected chi connectivity index (χ2v) is 5.67. The molecular weight excluding hydrogens is 210 g/mol. The van der Waals surface area contributed by atoms with Gasteiger partial charge in [-0.2, -0.15) is 0 Å². The molecule has 1 aliphatic heterocycles. The molecule has 1 aromatic carbocycles. The first-order valence-electron chi connectivity index (χ1n) is 4.73. The summed E-state index contributed by atoms with van der Waals surface area (Å²) >= 11 is 0. The van der Waals surface area contributed by atoms with Crippen molar-refractivity contribution in [1.29, 1.82) is 0 Å². The zero-order valence-electron chi connectivity index (χ0n) is 8.77. The smallest absolute Gasteiger partial charge is 0.232 e.